The molecule has 2 rings (SSSR count). The van der Waals surface area contributed by atoms with Gasteiger partial charge in [0, 0.05) is 12.6 Å². The minimum absolute atomic E-state index is 0.0417. The molecule has 1 amide bonds. The average Bonchev–Trinajstić information content (AvgIpc) is 2.63. The summed E-state index contributed by atoms with van der Waals surface area (Å²) in [6.07, 6.45) is 4.27. The van der Waals surface area contributed by atoms with E-state index in [9.17, 15) is 15.0 Å². The van der Waals surface area contributed by atoms with Crippen molar-refractivity contribution >= 4 is 5.91 Å². The molecule has 2 N–H and O–H groups in total. The number of carbonyl (C=O) groups excluding carboxylic acids is 1. The number of aromatic hydroxyl groups is 1. The summed E-state index contributed by atoms with van der Waals surface area (Å²) in [6.45, 7) is 4.34. The number of likely N-dealkylation sites (tertiary alicyclic amines) is 1. The van der Waals surface area contributed by atoms with Crippen LogP contribution in [0.4, 0.5) is 0 Å². The summed E-state index contributed by atoms with van der Waals surface area (Å²) < 4.78 is 0. The first-order valence-corrected chi connectivity index (χ1v) is 7.77. The zero-order valence-electron chi connectivity index (χ0n) is 12.9. The highest BCUT2D eigenvalue weighted by Gasteiger charge is 2.28. The maximum Gasteiger partial charge on any atom is 0.257 e. The number of aliphatic hydroxyl groups excluding tert-OH is 1. The van der Waals surface area contributed by atoms with Crippen LogP contribution >= 0.6 is 0 Å². The van der Waals surface area contributed by atoms with Gasteiger partial charge in [0.2, 0.25) is 0 Å². The van der Waals surface area contributed by atoms with Gasteiger partial charge in [-0.25, -0.2) is 0 Å². The first kappa shape index (κ1) is 15.8. The zero-order chi connectivity index (χ0) is 15.4. The van der Waals surface area contributed by atoms with Crippen LogP contribution < -0.4 is 0 Å². The molecule has 1 heterocycles. The Bertz CT molecular complexity index is 499. The normalized spacial score (nSPS) is 20.9. The second kappa shape index (κ2) is 6.94. The Morgan fingerprint density at radius 2 is 2.14 bits per heavy atom. The van der Waals surface area contributed by atoms with Gasteiger partial charge in [-0.15, -0.1) is 0 Å². The Kier molecular flexibility index (Phi) is 5.23. The van der Waals surface area contributed by atoms with Gasteiger partial charge in [0.1, 0.15) is 5.75 Å². The number of phenols is 1. The van der Waals surface area contributed by atoms with Crippen molar-refractivity contribution < 1.29 is 15.0 Å². The number of amides is 1. The van der Waals surface area contributed by atoms with Crippen LogP contribution in [0.1, 0.15) is 54.9 Å². The minimum atomic E-state index is -0.421. The van der Waals surface area contributed by atoms with E-state index in [0.29, 0.717) is 18.5 Å². The van der Waals surface area contributed by atoms with E-state index in [1.165, 1.54) is 0 Å². The van der Waals surface area contributed by atoms with Crippen molar-refractivity contribution in [2.45, 2.75) is 58.1 Å². The highest BCUT2D eigenvalue weighted by molar-refractivity contribution is 5.97. The fourth-order valence-corrected chi connectivity index (χ4v) is 3.06. The molecular formula is C17H25NO3. The summed E-state index contributed by atoms with van der Waals surface area (Å²) in [5, 5.41) is 19.7. The Morgan fingerprint density at radius 3 is 2.81 bits per heavy atom. The molecule has 0 spiro atoms. The third kappa shape index (κ3) is 3.97. The lowest BCUT2D eigenvalue weighted by atomic mass is 10.0. The third-order valence-electron chi connectivity index (χ3n) is 4.13. The molecular weight excluding hydrogens is 266 g/mol. The molecule has 1 aliphatic rings. The van der Waals surface area contributed by atoms with Crippen molar-refractivity contribution in [2.24, 2.45) is 0 Å². The monoisotopic (exact) mass is 291 g/mol. The molecule has 4 heteroatoms. The van der Waals surface area contributed by atoms with Crippen molar-refractivity contribution in [3.63, 3.8) is 0 Å². The first-order chi connectivity index (χ1) is 9.99. The van der Waals surface area contributed by atoms with Gasteiger partial charge in [-0.1, -0.05) is 18.9 Å². The van der Waals surface area contributed by atoms with Gasteiger partial charge in [0.15, 0.2) is 0 Å². The van der Waals surface area contributed by atoms with E-state index in [0.717, 1.165) is 31.2 Å². The molecule has 1 aromatic rings. The Morgan fingerprint density at radius 1 is 1.38 bits per heavy atom. The van der Waals surface area contributed by atoms with Gasteiger partial charge in [0.25, 0.3) is 5.91 Å². The smallest absolute Gasteiger partial charge is 0.257 e. The number of carbonyl (C=O) groups is 1. The van der Waals surface area contributed by atoms with Crippen LogP contribution in [0.2, 0.25) is 0 Å². The molecule has 1 aromatic carbocycles. The highest BCUT2D eigenvalue weighted by Crippen LogP contribution is 2.26. The van der Waals surface area contributed by atoms with Gasteiger partial charge in [-0.3, -0.25) is 4.79 Å². The van der Waals surface area contributed by atoms with Crippen LogP contribution in [-0.2, 0) is 0 Å². The number of aryl methyl sites for hydroxylation is 1. The van der Waals surface area contributed by atoms with E-state index >= 15 is 0 Å². The largest absolute Gasteiger partial charge is 0.507 e. The van der Waals surface area contributed by atoms with E-state index in [1.54, 1.807) is 19.1 Å². The molecule has 2 atom stereocenters. The fraction of sp³-hybridized carbons (Fsp3) is 0.588. The van der Waals surface area contributed by atoms with E-state index in [2.05, 4.69) is 0 Å². The van der Waals surface area contributed by atoms with Gasteiger partial charge in [-0.2, -0.15) is 0 Å². The van der Waals surface area contributed by atoms with Gasteiger partial charge < -0.3 is 15.1 Å². The molecule has 1 fully saturated rings. The number of nitrogens with zero attached hydrogens (tertiary/aromatic N) is 1. The SMILES string of the molecule is Cc1ccc(C(=O)N2CCCCCC2CC(C)O)c(O)c1. The summed E-state index contributed by atoms with van der Waals surface area (Å²) in [6, 6.07) is 5.21. The summed E-state index contributed by atoms with van der Waals surface area (Å²) >= 11 is 0. The molecule has 1 saturated heterocycles. The summed E-state index contributed by atoms with van der Waals surface area (Å²) in [4.78, 5) is 14.6. The molecule has 116 valence electrons. The number of phenolic OH excluding ortho intramolecular Hbond substituents is 1. The van der Waals surface area contributed by atoms with E-state index in [4.69, 9.17) is 0 Å². The lowest BCUT2D eigenvalue weighted by Crippen LogP contribution is -2.41. The standard InChI is InChI=1S/C17H25NO3/c1-12-7-8-15(16(20)10-12)17(21)18-9-5-3-4-6-14(18)11-13(2)19/h7-8,10,13-14,19-20H,3-6,9,11H2,1-2H3. The van der Waals surface area contributed by atoms with E-state index in [-0.39, 0.29) is 17.7 Å². The lowest BCUT2D eigenvalue weighted by Gasteiger charge is -2.31. The van der Waals surface area contributed by atoms with Crippen LogP contribution in [0.25, 0.3) is 0 Å². The maximum atomic E-state index is 12.8. The third-order valence-corrected chi connectivity index (χ3v) is 4.13. The maximum absolute atomic E-state index is 12.8. The molecule has 1 aliphatic heterocycles. The molecule has 4 nitrogen and oxygen atoms in total. The predicted octanol–water partition coefficient (Wildman–Crippen LogP) is 2.86. The highest BCUT2D eigenvalue weighted by atomic mass is 16.3. The average molecular weight is 291 g/mol. The molecule has 0 aromatic heterocycles. The summed E-state index contributed by atoms with van der Waals surface area (Å²) in [5.74, 6) is -0.0832. The van der Waals surface area contributed by atoms with Crippen LogP contribution in [-0.4, -0.2) is 39.7 Å². The molecule has 2 unspecified atom stereocenters. The number of aliphatic hydroxyl groups is 1. The molecule has 21 heavy (non-hydrogen) atoms. The van der Waals surface area contributed by atoms with Crippen LogP contribution in [0.5, 0.6) is 5.75 Å². The van der Waals surface area contributed by atoms with Crippen molar-refractivity contribution in [1.29, 1.82) is 0 Å². The second-order valence-electron chi connectivity index (χ2n) is 6.11. The van der Waals surface area contributed by atoms with Gasteiger partial charge in [0.05, 0.1) is 11.7 Å². The van der Waals surface area contributed by atoms with Crippen LogP contribution in [0.15, 0.2) is 18.2 Å². The Labute approximate surface area is 126 Å². The quantitative estimate of drug-likeness (QED) is 0.900. The van der Waals surface area contributed by atoms with Crippen molar-refractivity contribution in [3.05, 3.63) is 29.3 Å². The predicted molar refractivity (Wildman–Crippen MR) is 82.4 cm³/mol. The number of rotatable bonds is 3. The molecule has 0 saturated carbocycles. The van der Waals surface area contributed by atoms with Crippen molar-refractivity contribution in [1.82, 2.24) is 4.90 Å². The van der Waals surface area contributed by atoms with Gasteiger partial charge >= 0.3 is 0 Å². The van der Waals surface area contributed by atoms with E-state index < -0.39 is 6.10 Å². The van der Waals surface area contributed by atoms with Crippen LogP contribution in [0.3, 0.4) is 0 Å². The van der Waals surface area contributed by atoms with Crippen LogP contribution in [0, 0.1) is 6.92 Å². The number of hydrogen-bond donors (Lipinski definition) is 2. The van der Waals surface area contributed by atoms with Crippen molar-refractivity contribution in [2.75, 3.05) is 6.54 Å². The first-order valence-electron chi connectivity index (χ1n) is 7.77. The van der Waals surface area contributed by atoms with E-state index in [1.807, 2.05) is 17.9 Å². The topological polar surface area (TPSA) is 60.8 Å². The van der Waals surface area contributed by atoms with Crippen molar-refractivity contribution in [3.8, 4) is 5.75 Å². The number of benzene rings is 1. The number of hydrogen-bond acceptors (Lipinski definition) is 3. The minimum Gasteiger partial charge on any atom is -0.507 e. The summed E-state index contributed by atoms with van der Waals surface area (Å²) in [5.41, 5.74) is 1.29. The van der Waals surface area contributed by atoms with Gasteiger partial charge in [-0.05, 0) is 50.8 Å². The molecule has 0 bridgehead atoms. The Hall–Kier alpha value is -1.55. The lowest BCUT2D eigenvalue weighted by molar-refractivity contribution is 0.0604. The molecule has 0 radical (unpaired) electrons. The Balaban J connectivity index is 2.24. The molecule has 0 aliphatic carbocycles. The zero-order valence-corrected chi connectivity index (χ0v) is 12.9. The second-order valence-corrected chi connectivity index (χ2v) is 6.11. The fourth-order valence-electron chi connectivity index (χ4n) is 3.06. The summed E-state index contributed by atoms with van der Waals surface area (Å²) in [7, 11) is 0.